The van der Waals surface area contributed by atoms with E-state index in [1.807, 2.05) is 17.0 Å². The van der Waals surface area contributed by atoms with Crippen molar-refractivity contribution in [3.05, 3.63) is 78.2 Å². The van der Waals surface area contributed by atoms with Crippen LogP contribution in [0.15, 0.2) is 67.5 Å². The number of amides is 2. The number of thiazole rings is 1. The van der Waals surface area contributed by atoms with Crippen LogP contribution in [0.5, 0.6) is 5.75 Å². The predicted octanol–water partition coefficient (Wildman–Crippen LogP) is 4.37. The van der Waals surface area contributed by atoms with Crippen molar-refractivity contribution in [2.45, 2.75) is 6.04 Å². The quantitative estimate of drug-likeness (QED) is 0.271. The zero-order chi connectivity index (χ0) is 29.2. The SMILES string of the molecule is C=CC(=O)N1CCN2c3ncc(-c4ccc(OC)c(Nc5ncc(C(=O)Nc6ccccc6F)s5)n4)cc3NCC2C1. The molecule has 3 N–H and O–H groups in total. The molecule has 2 aliphatic rings. The second-order valence-electron chi connectivity index (χ2n) is 9.65. The summed E-state index contributed by atoms with van der Waals surface area (Å²) in [4.78, 5) is 42.9. The lowest BCUT2D eigenvalue weighted by Crippen LogP contribution is -2.58. The highest BCUT2D eigenvalue weighted by Gasteiger charge is 2.34. The van der Waals surface area contributed by atoms with Gasteiger partial charge < -0.3 is 30.5 Å². The number of para-hydroxylation sites is 1. The topological polar surface area (TPSA) is 125 Å². The van der Waals surface area contributed by atoms with E-state index in [0.717, 1.165) is 28.4 Å². The number of methoxy groups -OCH3 is 1. The van der Waals surface area contributed by atoms with Gasteiger partial charge in [0.2, 0.25) is 5.91 Å². The standard InChI is InChI=1S/C29H27FN8O3S/c1-3-25(39)37-10-11-38-18(16-37)14-31-22-12-17(13-32-27(22)38)20-8-9-23(41-2)26(34-20)36-29-33-15-24(42-29)28(40)35-21-7-5-4-6-19(21)30/h3-9,12-13,15,18,31H,1,10-11,14,16H2,2H3,(H,35,40)(H,33,34,36). The number of hydrogen-bond donors (Lipinski definition) is 3. The van der Waals surface area contributed by atoms with Crippen molar-refractivity contribution in [2.75, 3.05) is 54.1 Å². The Labute approximate surface area is 245 Å². The minimum Gasteiger partial charge on any atom is -0.493 e. The molecule has 4 aromatic rings. The van der Waals surface area contributed by atoms with Gasteiger partial charge in [0.25, 0.3) is 5.91 Å². The van der Waals surface area contributed by atoms with Crippen molar-refractivity contribution in [2.24, 2.45) is 0 Å². The van der Waals surface area contributed by atoms with E-state index in [1.165, 1.54) is 24.4 Å². The van der Waals surface area contributed by atoms with Crippen LogP contribution in [0.3, 0.4) is 0 Å². The highest BCUT2D eigenvalue weighted by molar-refractivity contribution is 7.17. The van der Waals surface area contributed by atoms with Gasteiger partial charge in [-0.05, 0) is 36.4 Å². The minimum atomic E-state index is -0.520. The largest absolute Gasteiger partial charge is 0.493 e. The molecule has 6 rings (SSSR count). The number of carbonyl (C=O) groups excluding carboxylic acids is 2. The van der Waals surface area contributed by atoms with Crippen LogP contribution in [-0.4, -0.2) is 71.0 Å². The molecule has 0 saturated carbocycles. The van der Waals surface area contributed by atoms with E-state index in [2.05, 4.69) is 32.4 Å². The number of carbonyl (C=O) groups is 2. The Bertz CT molecular complexity index is 1680. The molecule has 42 heavy (non-hydrogen) atoms. The fraction of sp³-hybridized carbons (Fsp3) is 0.207. The molecular weight excluding hydrogens is 559 g/mol. The van der Waals surface area contributed by atoms with Gasteiger partial charge in [0.1, 0.15) is 10.7 Å². The molecule has 2 aliphatic heterocycles. The van der Waals surface area contributed by atoms with Gasteiger partial charge in [-0.15, -0.1) is 0 Å². The van der Waals surface area contributed by atoms with E-state index in [1.54, 1.807) is 31.5 Å². The van der Waals surface area contributed by atoms with Gasteiger partial charge in [-0.1, -0.05) is 30.0 Å². The van der Waals surface area contributed by atoms with E-state index in [4.69, 9.17) is 14.7 Å². The summed E-state index contributed by atoms with van der Waals surface area (Å²) in [6.07, 6.45) is 4.55. The van der Waals surface area contributed by atoms with Crippen LogP contribution >= 0.6 is 11.3 Å². The summed E-state index contributed by atoms with van der Waals surface area (Å²) < 4.78 is 19.5. The molecule has 1 unspecified atom stereocenters. The summed E-state index contributed by atoms with van der Waals surface area (Å²) in [5, 5.41) is 9.57. The van der Waals surface area contributed by atoms with E-state index in [0.29, 0.717) is 53.4 Å². The molecule has 1 atom stereocenters. The molecule has 5 heterocycles. The average molecular weight is 587 g/mol. The summed E-state index contributed by atoms with van der Waals surface area (Å²) in [6, 6.07) is 11.7. The molecule has 1 saturated heterocycles. The first kappa shape index (κ1) is 27.1. The lowest BCUT2D eigenvalue weighted by molar-refractivity contribution is -0.126. The van der Waals surface area contributed by atoms with Crippen LogP contribution in [0.25, 0.3) is 11.3 Å². The number of anilines is 5. The summed E-state index contributed by atoms with van der Waals surface area (Å²) in [5.41, 5.74) is 2.45. The summed E-state index contributed by atoms with van der Waals surface area (Å²) in [5.74, 6) is 0.705. The third-order valence-electron chi connectivity index (χ3n) is 7.09. The Morgan fingerprint density at radius 1 is 1.19 bits per heavy atom. The third-order valence-corrected chi connectivity index (χ3v) is 8.00. The number of halogens is 1. The zero-order valence-electron chi connectivity index (χ0n) is 22.6. The number of pyridine rings is 2. The Balaban J connectivity index is 1.19. The Hall–Kier alpha value is -5.04. The molecule has 0 spiro atoms. The second kappa shape index (κ2) is 11.4. The number of fused-ring (bicyclic) bond motifs is 3. The van der Waals surface area contributed by atoms with E-state index in [-0.39, 0.29) is 17.6 Å². The van der Waals surface area contributed by atoms with Gasteiger partial charge >= 0.3 is 0 Å². The Morgan fingerprint density at radius 3 is 2.86 bits per heavy atom. The number of piperazine rings is 1. The zero-order valence-corrected chi connectivity index (χ0v) is 23.4. The molecule has 1 aromatic carbocycles. The van der Waals surface area contributed by atoms with E-state index >= 15 is 0 Å². The van der Waals surface area contributed by atoms with Gasteiger partial charge in [0.05, 0.1) is 36.4 Å². The van der Waals surface area contributed by atoms with Crippen LogP contribution in [0.1, 0.15) is 9.67 Å². The number of rotatable bonds is 7. The molecule has 214 valence electrons. The first-order valence-corrected chi connectivity index (χ1v) is 14.0. The first-order valence-electron chi connectivity index (χ1n) is 13.2. The van der Waals surface area contributed by atoms with Crippen molar-refractivity contribution < 1.29 is 18.7 Å². The molecule has 3 aromatic heterocycles. The molecule has 0 bridgehead atoms. The fourth-order valence-electron chi connectivity index (χ4n) is 4.97. The fourth-order valence-corrected chi connectivity index (χ4v) is 5.68. The van der Waals surface area contributed by atoms with Crippen molar-refractivity contribution in [3.8, 4) is 17.0 Å². The highest BCUT2D eigenvalue weighted by atomic mass is 32.1. The van der Waals surface area contributed by atoms with Gasteiger partial charge in [-0.2, -0.15) is 0 Å². The van der Waals surface area contributed by atoms with Crippen LogP contribution in [0.2, 0.25) is 0 Å². The lowest BCUT2D eigenvalue weighted by Gasteiger charge is -2.45. The molecular formula is C29H27FN8O3S. The third kappa shape index (κ3) is 5.33. The predicted molar refractivity (Wildman–Crippen MR) is 160 cm³/mol. The number of ether oxygens (including phenoxy) is 1. The number of aromatic nitrogens is 3. The maximum absolute atomic E-state index is 14.0. The monoisotopic (exact) mass is 586 g/mol. The van der Waals surface area contributed by atoms with Crippen molar-refractivity contribution in [3.63, 3.8) is 0 Å². The van der Waals surface area contributed by atoms with Crippen molar-refractivity contribution in [1.82, 2.24) is 19.9 Å². The maximum atomic E-state index is 14.0. The lowest BCUT2D eigenvalue weighted by atomic mass is 10.1. The highest BCUT2D eigenvalue weighted by Crippen LogP contribution is 2.36. The number of nitrogens with zero attached hydrogens (tertiary/aromatic N) is 5. The number of hydrogen-bond acceptors (Lipinski definition) is 10. The van der Waals surface area contributed by atoms with Gasteiger partial charge in [-0.25, -0.2) is 19.3 Å². The summed E-state index contributed by atoms with van der Waals surface area (Å²) >= 11 is 1.10. The van der Waals surface area contributed by atoms with Gasteiger partial charge in [-0.3, -0.25) is 9.59 Å². The maximum Gasteiger partial charge on any atom is 0.267 e. The second-order valence-corrected chi connectivity index (χ2v) is 10.7. The molecule has 13 heteroatoms. The number of nitrogens with one attached hydrogen (secondary N) is 3. The summed E-state index contributed by atoms with van der Waals surface area (Å²) in [7, 11) is 1.54. The van der Waals surface area contributed by atoms with E-state index < -0.39 is 11.7 Å². The van der Waals surface area contributed by atoms with Crippen LogP contribution in [0.4, 0.5) is 32.5 Å². The van der Waals surface area contributed by atoms with Crippen LogP contribution in [-0.2, 0) is 4.79 Å². The van der Waals surface area contributed by atoms with Crippen LogP contribution < -0.4 is 25.6 Å². The smallest absolute Gasteiger partial charge is 0.267 e. The first-order chi connectivity index (χ1) is 20.4. The molecule has 0 aliphatic carbocycles. The van der Waals surface area contributed by atoms with Crippen molar-refractivity contribution in [1.29, 1.82) is 0 Å². The van der Waals surface area contributed by atoms with Crippen molar-refractivity contribution >= 4 is 51.3 Å². The van der Waals surface area contributed by atoms with Gasteiger partial charge in [0.15, 0.2) is 22.5 Å². The summed E-state index contributed by atoms with van der Waals surface area (Å²) in [6.45, 7) is 6.19. The van der Waals surface area contributed by atoms with E-state index in [9.17, 15) is 14.0 Å². The number of benzene rings is 1. The van der Waals surface area contributed by atoms with Crippen LogP contribution in [0, 0.1) is 5.82 Å². The average Bonchev–Trinajstić information content (AvgIpc) is 3.49. The minimum absolute atomic E-state index is 0.0569. The Morgan fingerprint density at radius 2 is 2.05 bits per heavy atom. The molecule has 1 fully saturated rings. The molecule has 0 radical (unpaired) electrons. The Kier molecular flexibility index (Phi) is 7.40. The normalized spacial score (nSPS) is 15.6. The molecule has 11 nitrogen and oxygen atoms in total. The molecule has 2 amide bonds. The van der Waals surface area contributed by atoms with Gasteiger partial charge in [0, 0.05) is 37.9 Å².